The summed E-state index contributed by atoms with van der Waals surface area (Å²) in [6.45, 7) is 4.09. The summed E-state index contributed by atoms with van der Waals surface area (Å²) in [5.41, 5.74) is 6.73. The standard InChI is InChI=1S/C16H21N3OS/c17-7-3-5-14-4-1-2-6-15(14)16(20)18-8-9-19-10-12-21-13-11-19/h1-2,4,6H,7-13,17H2,(H,18,20). The van der Waals surface area contributed by atoms with Crippen LogP contribution in [0.5, 0.6) is 0 Å². The summed E-state index contributed by atoms with van der Waals surface area (Å²) in [5.74, 6) is 8.05. The maximum atomic E-state index is 12.2. The van der Waals surface area contributed by atoms with Crippen molar-refractivity contribution in [3.8, 4) is 11.8 Å². The molecule has 0 radical (unpaired) electrons. The maximum absolute atomic E-state index is 12.2. The monoisotopic (exact) mass is 303 g/mol. The van der Waals surface area contributed by atoms with E-state index in [2.05, 4.69) is 22.1 Å². The first-order valence-electron chi connectivity index (χ1n) is 7.17. The van der Waals surface area contributed by atoms with Gasteiger partial charge in [-0.2, -0.15) is 11.8 Å². The molecule has 1 aliphatic heterocycles. The Morgan fingerprint density at radius 3 is 2.86 bits per heavy atom. The molecule has 1 aromatic rings. The summed E-state index contributed by atoms with van der Waals surface area (Å²) >= 11 is 1.99. The Bertz CT molecular complexity index is 530. The molecule has 1 heterocycles. The van der Waals surface area contributed by atoms with Gasteiger partial charge in [-0.1, -0.05) is 24.0 Å². The second kappa shape index (κ2) is 8.73. The molecule has 0 bridgehead atoms. The molecular weight excluding hydrogens is 282 g/mol. The smallest absolute Gasteiger partial charge is 0.252 e. The van der Waals surface area contributed by atoms with E-state index in [4.69, 9.17) is 5.73 Å². The average Bonchev–Trinajstić information content (AvgIpc) is 2.54. The van der Waals surface area contributed by atoms with Gasteiger partial charge >= 0.3 is 0 Å². The Kier molecular flexibility index (Phi) is 6.61. The second-order valence-corrected chi connectivity index (χ2v) is 5.99. The van der Waals surface area contributed by atoms with Crippen LogP contribution in [-0.4, -0.2) is 55.0 Å². The minimum absolute atomic E-state index is 0.0664. The van der Waals surface area contributed by atoms with Gasteiger partial charge in [-0.05, 0) is 12.1 Å². The van der Waals surface area contributed by atoms with Crippen molar-refractivity contribution in [3.05, 3.63) is 35.4 Å². The van der Waals surface area contributed by atoms with Crippen LogP contribution in [0.4, 0.5) is 0 Å². The summed E-state index contributed by atoms with van der Waals surface area (Å²) in [6, 6.07) is 7.37. The number of carbonyl (C=O) groups is 1. The summed E-state index contributed by atoms with van der Waals surface area (Å²) in [7, 11) is 0. The van der Waals surface area contributed by atoms with Crippen LogP contribution in [0, 0.1) is 11.8 Å². The number of nitrogens with two attached hydrogens (primary N) is 1. The highest BCUT2D eigenvalue weighted by Gasteiger charge is 2.12. The molecule has 0 spiro atoms. The molecule has 2 rings (SSSR count). The van der Waals surface area contributed by atoms with Crippen molar-refractivity contribution >= 4 is 17.7 Å². The van der Waals surface area contributed by atoms with Crippen LogP contribution in [0.2, 0.25) is 0 Å². The van der Waals surface area contributed by atoms with Gasteiger partial charge in [0.1, 0.15) is 0 Å². The number of amides is 1. The molecule has 1 aromatic carbocycles. The van der Waals surface area contributed by atoms with Crippen molar-refractivity contribution in [2.24, 2.45) is 5.73 Å². The first kappa shape index (κ1) is 15.9. The number of hydrogen-bond donors (Lipinski definition) is 2. The van der Waals surface area contributed by atoms with E-state index < -0.39 is 0 Å². The van der Waals surface area contributed by atoms with Gasteiger partial charge in [0, 0.05) is 43.2 Å². The number of nitrogens with zero attached hydrogens (tertiary/aromatic N) is 1. The van der Waals surface area contributed by atoms with Gasteiger partial charge in [-0.3, -0.25) is 9.69 Å². The third-order valence-electron chi connectivity index (χ3n) is 3.31. The molecule has 0 unspecified atom stereocenters. The third-order valence-corrected chi connectivity index (χ3v) is 4.26. The van der Waals surface area contributed by atoms with Crippen molar-refractivity contribution in [1.82, 2.24) is 10.2 Å². The van der Waals surface area contributed by atoms with Gasteiger partial charge in [0.25, 0.3) is 5.91 Å². The largest absolute Gasteiger partial charge is 0.351 e. The highest BCUT2D eigenvalue weighted by molar-refractivity contribution is 7.99. The Labute approximate surface area is 130 Å². The molecule has 0 atom stereocenters. The normalized spacial score (nSPS) is 15.1. The van der Waals surface area contributed by atoms with Crippen LogP contribution in [0.1, 0.15) is 15.9 Å². The van der Waals surface area contributed by atoms with E-state index in [9.17, 15) is 4.79 Å². The fraction of sp³-hybridized carbons (Fsp3) is 0.438. The zero-order chi connectivity index (χ0) is 14.9. The maximum Gasteiger partial charge on any atom is 0.252 e. The van der Waals surface area contributed by atoms with E-state index in [0.717, 1.165) is 25.2 Å². The van der Waals surface area contributed by atoms with Crippen molar-refractivity contribution in [2.45, 2.75) is 0 Å². The van der Waals surface area contributed by atoms with Gasteiger partial charge in [-0.25, -0.2) is 0 Å². The van der Waals surface area contributed by atoms with E-state index >= 15 is 0 Å². The molecule has 1 fully saturated rings. The SMILES string of the molecule is NCC#Cc1ccccc1C(=O)NCCN1CCSCC1. The highest BCUT2D eigenvalue weighted by atomic mass is 32.2. The molecule has 4 nitrogen and oxygen atoms in total. The second-order valence-electron chi connectivity index (χ2n) is 4.76. The summed E-state index contributed by atoms with van der Waals surface area (Å²) in [4.78, 5) is 14.6. The lowest BCUT2D eigenvalue weighted by molar-refractivity contribution is 0.0948. The molecular formula is C16H21N3OS. The lowest BCUT2D eigenvalue weighted by Crippen LogP contribution is -2.39. The first-order valence-corrected chi connectivity index (χ1v) is 8.33. The molecule has 112 valence electrons. The van der Waals surface area contributed by atoms with Crippen molar-refractivity contribution < 1.29 is 4.79 Å². The van der Waals surface area contributed by atoms with Crippen LogP contribution in [0.25, 0.3) is 0 Å². The topological polar surface area (TPSA) is 58.4 Å². The summed E-state index contributed by atoms with van der Waals surface area (Å²) < 4.78 is 0. The Hall–Kier alpha value is -1.48. The quantitative estimate of drug-likeness (QED) is 0.807. The average molecular weight is 303 g/mol. The Morgan fingerprint density at radius 2 is 2.10 bits per heavy atom. The number of thioether (sulfide) groups is 1. The molecule has 1 aliphatic rings. The molecule has 0 aliphatic carbocycles. The number of benzene rings is 1. The predicted molar refractivity (Wildman–Crippen MR) is 88.5 cm³/mol. The van der Waals surface area contributed by atoms with E-state index in [-0.39, 0.29) is 5.91 Å². The lowest BCUT2D eigenvalue weighted by Gasteiger charge is -2.26. The fourth-order valence-electron chi connectivity index (χ4n) is 2.18. The zero-order valence-corrected chi connectivity index (χ0v) is 12.9. The van der Waals surface area contributed by atoms with Gasteiger partial charge in [0.05, 0.1) is 12.1 Å². The minimum atomic E-state index is -0.0664. The number of rotatable bonds is 4. The number of hydrogen-bond acceptors (Lipinski definition) is 4. The molecule has 3 N–H and O–H groups in total. The summed E-state index contributed by atoms with van der Waals surface area (Å²) in [6.07, 6.45) is 0. The van der Waals surface area contributed by atoms with E-state index in [1.807, 2.05) is 30.0 Å². The lowest BCUT2D eigenvalue weighted by atomic mass is 10.1. The Balaban J connectivity index is 1.88. The van der Waals surface area contributed by atoms with Crippen molar-refractivity contribution in [1.29, 1.82) is 0 Å². The van der Waals surface area contributed by atoms with E-state index in [0.29, 0.717) is 18.7 Å². The van der Waals surface area contributed by atoms with Crippen molar-refractivity contribution in [3.63, 3.8) is 0 Å². The zero-order valence-electron chi connectivity index (χ0n) is 12.1. The van der Waals surface area contributed by atoms with Crippen LogP contribution < -0.4 is 11.1 Å². The van der Waals surface area contributed by atoms with Crippen LogP contribution in [-0.2, 0) is 0 Å². The number of carbonyl (C=O) groups excluding carboxylic acids is 1. The summed E-state index contributed by atoms with van der Waals surface area (Å²) in [5, 5.41) is 2.98. The molecule has 5 heteroatoms. The molecule has 0 saturated carbocycles. The van der Waals surface area contributed by atoms with Gasteiger partial charge in [-0.15, -0.1) is 0 Å². The van der Waals surface area contributed by atoms with Crippen LogP contribution >= 0.6 is 11.8 Å². The predicted octanol–water partition coefficient (Wildman–Crippen LogP) is 0.775. The van der Waals surface area contributed by atoms with E-state index in [1.165, 1.54) is 11.5 Å². The third kappa shape index (κ3) is 5.09. The Morgan fingerprint density at radius 1 is 1.33 bits per heavy atom. The minimum Gasteiger partial charge on any atom is -0.351 e. The molecule has 1 saturated heterocycles. The molecule has 0 aromatic heterocycles. The van der Waals surface area contributed by atoms with Crippen LogP contribution in [0.3, 0.4) is 0 Å². The van der Waals surface area contributed by atoms with Crippen LogP contribution in [0.15, 0.2) is 24.3 Å². The molecule has 1 amide bonds. The number of nitrogens with one attached hydrogen (secondary N) is 1. The van der Waals surface area contributed by atoms with Crippen molar-refractivity contribution in [2.75, 3.05) is 44.2 Å². The fourth-order valence-corrected chi connectivity index (χ4v) is 3.16. The van der Waals surface area contributed by atoms with Gasteiger partial charge < -0.3 is 11.1 Å². The van der Waals surface area contributed by atoms with Gasteiger partial charge in [0.2, 0.25) is 0 Å². The molecule has 21 heavy (non-hydrogen) atoms. The first-order chi connectivity index (χ1) is 10.3. The van der Waals surface area contributed by atoms with Gasteiger partial charge in [0.15, 0.2) is 0 Å². The highest BCUT2D eigenvalue weighted by Crippen LogP contribution is 2.09. The van der Waals surface area contributed by atoms with E-state index in [1.54, 1.807) is 6.07 Å².